The number of carbonyl (C=O) groups excluding carboxylic acids is 1. The van der Waals surface area contributed by atoms with Gasteiger partial charge in [0, 0.05) is 28.0 Å². The van der Waals surface area contributed by atoms with Gasteiger partial charge in [0.25, 0.3) is 0 Å². The summed E-state index contributed by atoms with van der Waals surface area (Å²) in [6.45, 7) is 13.7. The molecule has 260 valence electrons. The van der Waals surface area contributed by atoms with Gasteiger partial charge >= 0.3 is 0 Å². The van der Waals surface area contributed by atoms with Crippen molar-refractivity contribution in [2.24, 2.45) is 0 Å². The zero-order valence-electron chi connectivity index (χ0n) is 29.7. The maximum absolute atomic E-state index is 9.69. The van der Waals surface area contributed by atoms with E-state index in [4.69, 9.17) is 10.7 Å². The van der Waals surface area contributed by atoms with Crippen LogP contribution in [0.15, 0.2) is 140 Å². The van der Waals surface area contributed by atoms with Crippen LogP contribution in [0.1, 0.15) is 23.6 Å². The van der Waals surface area contributed by atoms with E-state index >= 15 is 0 Å². The Morgan fingerprint density at radius 2 is 1.02 bits per heavy atom. The third kappa shape index (κ3) is 7.08. The number of hydrogen-bond acceptors (Lipinski definition) is 3. The molecule has 0 aliphatic heterocycles. The summed E-state index contributed by atoms with van der Waals surface area (Å²) in [6.07, 6.45) is 3.20. The average molecular weight is 815 g/mol. The molecular formula is C46H41FIN2OP. The largest absolute Gasteiger partial charge is 0.398 e. The number of ketones is 1. The molecule has 2 N–H and O–H groups in total. The Morgan fingerprint density at radius 3 is 1.54 bits per heavy atom. The van der Waals surface area contributed by atoms with Crippen LogP contribution in [-0.2, 0) is 4.79 Å². The molecule has 1 atom stereocenters. The summed E-state index contributed by atoms with van der Waals surface area (Å²) in [4.78, 5) is 14.5. The summed E-state index contributed by atoms with van der Waals surface area (Å²) in [6, 6.07) is 43.0. The molecule has 8 aromatic carbocycles. The van der Waals surface area contributed by atoms with Crippen LogP contribution >= 0.6 is 28.9 Å². The Balaban J connectivity index is 0.000000170. The van der Waals surface area contributed by atoms with Crippen molar-refractivity contribution in [2.75, 3.05) is 5.73 Å². The van der Waals surface area contributed by atoms with Crippen molar-refractivity contribution < 1.29 is 9.50 Å². The van der Waals surface area contributed by atoms with Gasteiger partial charge in [-0.3, -0.25) is 14.5 Å². The highest BCUT2D eigenvalue weighted by Crippen LogP contribution is 2.40. The summed E-state index contributed by atoms with van der Waals surface area (Å²) >= 11 is 2.07. The van der Waals surface area contributed by atoms with E-state index in [1.54, 1.807) is 0 Å². The number of nitrogen functional groups attached to an aromatic ring is 1. The number of pyridine rings is 1. The summed E-state index contributed by atoms with van der Waals surface area (Å²) in [5, 5.41) is 16.5. The Kier molecular flexibility index (Phi) is 12.2. The van der Waals surface area contributed by atoms with E-state index in [2.05, 4.69) is 178 Å². The molecule has 1 heterocycles. The number of nitrogens with zero attached hydrogens (tertiary/aromatic N) is 1. The van der Waals surface area contributed by atoms with Crippen molar-refractivity contribution in [1.29, 1.82) is 0 Å². The molecule has 0 aliphatic carbocycles. The summed E-state index contributed by atoms with van der Waals surface area (Å²) in [7, 11) is 0. The van der Waals surface area contributed by atoms with Gasteiger partial charge in [-0.05, 0) is 129 Å². The number of hydrogen-bond donors (Lipinski definition) is 1. The smallest absolute Gasteiger partial charge is 0.152 e. The van der Waals surface area contributed by atoms with Crippen molar-refractivity contribution in [3.8, 4) is 0 Å². The van der Waals surface area contributed by atoms with Crippen LogP contribution in [0.5, 0.6) is 0 Å². The van der Waals surface area contributed by atoms with E-state index in [0.29, 0.717) is 0 Å². The standard InChI is InChI=1S/C23H17N.C19H15N.C4H6O.FH.H2IP/c1-14-11-12-24-23-20-13-16-7-3-4-8-17(16)15(2)22(20)19-10-6-5-9-18(19)21(14)23;1-12-15-8-4-2-6-13(15)10-17-18(20)11-14-7-3-5-9-16(14)19(12)17;1-3-4(2)5;;1-2/h3-13H,1-2H3;2-11H,20H2,1H3;3H,1H2,2H3;1H;2H2. The van der Waals surface area contributed by atoms with E-state index < -0.39 is 0 Å². The van der Waals surface area contributed by atoms with E-state index in [-0.39, 0.29) is 10.5 Å². The highest BCUT2D eigenvalue weighted by atomic mass is 127. The van der Waals surface area contributed by atoms with Crippen molar-refractivity contribution in [3.63, 3.8) is 0 Å². The van der Waals surface area contributed by atoms with Crippen molar-refractivity contribution >= 4 is 116 Å². The van der Waals surface area contributed by atoms with Gasteiger partial charge in [-0.15, -0.1) is 0 Å². The third-order valence-electron chi connectivity index (χ3n) is 9.64. The molecule has 9 aromatic rings. The first-order valence-electron chi connectivity index (χ1n) is 16.8. The zero-order chi connectivity index (χ0) is 36.2. The molecule has 0 radical (unpaired) electrons. The number of fused-ring (bicyclic) bond motifs is 11. The first kappa shape index (κ1) is 38.3. The number of aromatic nitrogens is 1. The molecule has 1 unspecified atom stereocenters. The Labute approximate surface area is 319 Å². The Hall–Kier alpha value is -4.97. The monoisotopic (exact) mass is 814 g/mol. The van der Waals surface area contributed by atoms with Gasteiger partial charge in [-0.25, -0.2) is 0 Å². The van der Waals surface area contributed by atoms with E-state index in [0.717, 1.165) is 16.6 Å². The number of nitrogens with two attached hydrogens (primary N) is 1. The normalized spacial score (nSPS) is 10.6. The molecule has 3 nitrogen and oxygen atoms in total. The van der Waals surface area contributed by atoms with E-state index in [1.807, 2.05) is 6.20 Å². The fraction of sp³-hybridized carbons (Fsp3) is 0.0870. The predicted octanol–water partition coefficient (Wildman–Crippen LogP) is 13.5. The second-order valence-electron chi connectivity index (χ2n) is 12.7. The number of halogens is 2. The molecule has 6 heteroatoms. The first-order valence-corrected chi connectivity index (χ1v) is 21.0. The second kappa shape index (κ2) is 16.6. The number of carbonyl (C=O) groups is 1. The number of allylic oxidation sites excluding steroid dienone is 1. The van der Waals surface area contributed by atoms with Crippen molar-refractivity contribution in [2.45, 2.75) is 27.7 Å². The van der Waals surface area contributed by atoms with Crippen molar-refractivity contribution in [1.82, 2.24) is 4.98 Å². The highest BCUT2D eigenvalue weighted by Gasteiger charge is 2.14. The van der Waals surface area contributed by atoms with Gasteiger partial charge in [0.05, 0.1) is 5.52 Å². The van der Waals surface area contributed by atoms with Gasteiger partial charge in [0.1, 0.15) is 0 Å². The zero-order valence-corrected chi connectivity index (χ0v) is 33.0. The molecule has 0 aliphatic rings. The molecule has 0 saturated heterocycles. The molecule has 52 heavy (non-hydrogen) atoms. The van der Waals surface area contributed by atoms with Gasteiger partial charge in [0.15, 0.2) is 5.78 Å². The van der Waals surface area contributed by atoms with Crippen LogP contribution in [0.25, 0.3) is 75.5 Å². The van der Waals surface area contributed by atoms with Crippen LogP contribution in [0, 0.1) is 20.8 Å². The molecule has 0 bridgehead atoms. The van der Waals surface area contributed by atoms with Gasteiger partial charge in [-0.1, -0.05) is 133 Å². The van der Waals surface area contributed by atoms with Crippen LogP contribution in [0.4, 0.5) is 10.4 Å². The Bertz CT molecular complexity index is 2770. The maximum Gasteiger partial charge on any atom is 0.152 e. The van der Waals surface area contributed by atoms with Gasteiger partial charge < -0.3 is 5.73 Å². The van der Waals surface area contributed by atoms with Gasteiger partial charge in [-0.2, -0.15) is 0 Å². The van der Waals surface area contributed by atoms with Crippen LogP contribution in [0.2, 0.25) is 0 Å². The molecule has 0 spiro atoms. The summed E-state index contributed by atoms with van der Waals surface area (Å²) < 4.78 is 0. The lowest BCUT2D eigenvalue weighted by atomic mass is 9.90. The highest BCUT2D eigenvalue weighted by molar-refractivity contribution is 14.2. The second-order valence-corrected chi connectivity index (χ2v) is 12.7. The minimum absolute atomic E-state index is 0. The fourth-order valence-corrected chi connectivity index (χ4v) is 7.28. The molecule has 1 aromatic heterocycles. The predicted molar refractivity (Wildman–Crippen MR) is 239 cm³/mol. The lowest BCUT2D eigenvalue weighted by Crippen LogP contribution is -1.91. The first-order chi connectivity index (χ1) is 24.8. The number of aryl methyl sites for hydroxylation is 3. The molecule has 0 fully saturated rings. The van der Waals surface area contributed by atoms with Crippen molar-refractivity contribution in [3.05, 3.63) is 157 Å². The molecule has 9 rings (SSSR count). The fourth-order valence-electron chi connectivity index (χ4n) is 7.28. The quantitative estimate of drug-likeness (QED) is 0.0448. The Morgan fingerprint density at radius 1 is 0.615 bits per heavy atom. The third-order valence-corrected chi connectivity index (χ3v) is 9.64. The number of rotatable bonds is 1. The van der Waals surface area contributed by atoms with E-state index in [9.17, 15) is 4.79 Å². The minimum atomic E-state index is 0. The average Bonchev–Trinajstić information content (AvgIpc) is 3.16. The summed E-state index contributed by atoms with van der Waals surface area (Å²) in [5.74, 6) is 0.0185. The van der Waals surface area contributed by atoms with Gasteiger partial charge in [0.2, 0.25) is 0 Å². The summed E-state index contributed by atoms with van der Waals surface area (Å²) in [5.41, 5.74) is 12.2. The van der Waals surface area contributed by atoms with Crippen LogP contribution in [-0.4, -0.2) is 10.8 Å². The molecule has 0 amide bonds. The van der Waals surface area contributed by atoms with Crippen LogP contribution < -0.4 is 5.73 Å². The lowest BCUT2D eigenvalue weighted by Gasteiger charge is -2.15. The number of anilines is 1. The van der Waals surface area contributed by atoms with E-state index in [1.165, 1.54) is 94.3 Å². The van der Waals surface area contributed by atoms with Crippen LogP contribution in [0.3, 0.4) is 0 Å². The lowest BCUT2D eigenvalue weighted by molar-refractivity contribution is -0.112. The number of benzene rings is 8. The topological polar surface area (TPSA) is 56.0 Å². The maximum atomic E-state index is 9.69. The molecule has 0 saturated carbocycles. The SMILES string of the molecule is C=CC(C)=O.Cc1c2ccccc2cc2c(N)cc3ccccc3c12.Cc1c2ccccc2cc2c3nccc(C)c3c3ccccc3c12.F.PI. The minimum Gasteiger partial charge on any atom is -0.398 e. The molecular weight excluding hydrogens is 773 g/mol.